The maximum atomic E-state index is 13.9. The molecule has 0 unspecified atom stereocenters. The van der Waals surface area contributed by atoms with E-state index in [-0.39, 0.29) is 11.3 Å². The Bertz CT molecular complexity index is 912. The van der Waals surface area contributed by atoms with E-state index in [1.54, 1.807) is 6.07 Å². The highest BCUT2D eigenvalue weighted by Gasteiger charge is 2.22. The molecule has 1 N–H and O–H groups in total. The van der Waals surface area contributed by atoms with Gasteiger partial charge in [-0.3, -0.25) is 4.79 Å². The number of thiol groups is 1. The van der Waals surface area contributed by atoms with E-state index in [9.17, 15) is 26.4 Å². The molecule has 2 rings (SSSR count). The first-order chi connectivity index (χ1) is 10.8. The zero-order chi connectivity index (χ0) is 17.1. The molecule has 2 aromatic rings. The Morgan fingerprint density at radius 1 is 1.09 bits per heavy atom. The fourth-order valence-corrected chi connectivity index (χ4v) is 2.24. The van der Waals surface area contributed by atoms with Crippen molar-refractivity contribution in [1.29, 1.82) is 5.26 Å². The molecule has 118 valence electrons. The highest BCUT2D eigenvalue weighted by molar-refractivity contribution is 7.72. The number of carbonyl (C=O) groups is 1. The van der Waals surface area contributed by atoms with Gasteiger partial charge < -0.3 is 5.32 Å². The van der Waals surface area contributed by atoms with Gasteiger partial charge >= 0.3 is 0 Å². The van der Waals surface area contributed by atoms with Crippen molar-refractivity contribution in [2.45, 2.75) is 4.90 Å². The first-order valence-corrected chi connectivity index (χ1v) is 7.16. The summed E-state index contributed by atoms with van der Waals surface area (Å²) in [5.74, 6) is -4.88. The lowest BCUT2D eigenvalue weighted by Gasteiger charge is -2.08. The van der Waals surface area contributed by atoms with E-state index in [1.807, 2.05) is 0 Å². The molecule has 0 aliphatic rings. The molecule has 0 aromatic heterocycles. The van der Waals surface area contributed by atoms with Gasteiger partial charge in [0.25, 0.3) is 5.91 Å². The van der Waals surface area contributed by atoms with Crippen LogP contribution in [0.4, 0.5) is 18.9 Å². The third-order valence-corrected chi connectivity index (χ3v) is 3.58. The molecule has 9 heteroatoms. The lowest BCUT2D eigenvalue weighted by atomic mass is 10.1. The number of hydrogen-bond acceptors (Lipinski definition) is 4. The van der Waals surface area contributed by atoms with Crippen LogP contribution in [0.5, 0.6) is 0 Å². The van der Waals surface area contributed by atoms with Crippen molar-refractivity contribution in [1.82, 2.24) is 0 Å². The van der Waals surface area contributed by atoms with Crippen LogP contribution in [0.3, 0.4) is 0 Å². The van der Waals surface area contributed by atoms with Gasteiger partial charge in [-0.25, -0.2) is 21.6 Å². The molecule has 2 aromatic carbocycles. The predicted molar refractivity (Wildman–Crippen MR) is 74.0 cm³/mol. The average molecular weight is 340 g/mol. The van der Waals surface area contributed by atoms with E-state index in [1.165, 1.54) is 0 Å². The minimum atomic E-state index is -3.36. The summed E-state index contributed by atoms with van der Waals surface area (Å²) in [7, 11) is -3.36. The molecule has 0 aliphatic carbocycles. The summed E-state index contributed by atoms with van der Waals surface area (Å²) in [6.07, 6.45) is 0. The maximum Gasteiger partial charge on any atom is 0.261 e. The van der Waals surface area contributed by atoms with E-state index in [2.05, 4.69) is 5.32 Å². The molecule has 0 bridgehead atoms. The van der Waals surface area contributed by atoms with Crippen LogP contribution >= 0.6 is 0 Å². The van der Waals surface area contributed by atoms with Crippen LogP contribution < -0.4 is 5.32 Å². The Labute approximate surface area is 129 Å². The lowest BCUT2D eigenvalue weighted by molar-refractivity contribution is 0.101. The van der Waals surface area contributed by atoms with Crippen LogP contribution in [0, 0.1) is 28.8 Å². The van der Waals surface area contributed by atoms with Crippen LogP contribution in [0.15, 0.2) is 35.2 Å². The largest absolute Gasteiger partial charge is 0.322 e. The Morgan fingerprint density at radius 2 is 1.74 bits per heavy atom. The fourth-order valence-electron chi connectivity index (χ4n) is 1.77. The van der Waals surface area contributed by atoms with Crippen molar-refractivity contribution in [2.75, 3.05) is 5.32 Å². The van der Waals surface area contributed by atoms with Gasteiger partial charge in [0.2, 0.25) is 0 Å². The van der Waals surface area contributed by atoms with Gasteiger partial charge in [0.05, 0.1) is 5.56 Å². The van der Waals surface area contributed by atoms with Crippen LogP contribution in [0.1, 0.15) is 15.9 Å². The zero-order valence-electron chi connectivity index (χ0n) is 11.1. The van der Waals surface area contributed by atoms with Gasteiger partial charge in [-0.2, -0.15) is 5.26 Å². The zero-order valence-corrected chi connectivity index (χ0v) is 12.0. The Hall–Kier alpha value is -2.86. The third kappa shape index (κ3) is 3.32. The summed E-state index contributed by atoms with van der Waals surface area (Å²) >= 11 is 0. The van der Waals surface area contributed by atoms with E-state index in [0.29, 0.717) is 12.1 Å². The summed E-state index contributed by atoms with van der Waals surface area (Å²) in [5.41, 5.74) is -1.55. The quantitative estimate of drug-likeness (QED) is 0.839. The molecular weight excluding hydrogens is 333 g/mol. The molecule has 0 fully saturated rings. The van der Waals surface area contributed by atoms with Crippen LogP contribution in [0.2, 0.25) is 0 Å². The first-order valence-electron chi connectivity index (χ1n) is 5.98. The standard InChI is InChI=1S/C14H7F3N2O3S/c15-9-2-1-8(5-7(9)6-18)19-14(20)12-10(16)3-4-11(13(12)17)23(21)22/h1-5,23H,(H,19,20). The van der Waals surface area contributed by atoms with E-state index in [4.69, 9.17) is 5.26 Å². The number of anilines is 1. The molecule has 0 saturated heterocycles. The van der Waals surface area contributed by atoms with Crippen molar-refractivity contribution >= 4 is 22.3 Å². The molecular formula is C14H7F3N2O3S. The molecule has 23 heavy (non-hydrogen) atoms. The number of carbonyl (C=O) groups excluding carboxylic acids is 1. The number of halogens is 3. The predicted octanol–water partition coefficient (Wildman–Crippen LogP) is 2.20. The fraction of sp³-hybridized carbons (Fsp3) is 0. The van der Waals surface area contributed by atoms with Crippen molar-refractivity contribution < 1.29 is 26.4 Å². The normalized spacial score (nSPS) is 10.4. The van der Waals surface area contributed by atoms with E-state index >= 15 is 0 Å². The summed E-state index contributed by atoms with van der Waals surface area (Å²) in [6.45, 7) is 0. The molecule has 0 heterocycles. The van der Waals surface area contributed by atoms with Gasteiger partial charge in [-0.05, 0) is 30.3 Å². The van der Waals surface area contributed by atoms with Crippen molar-refractivity contribution in [2.24, 2.45) is 0 Å². The summed E-state index contributed by atoms with van der Waals surface area (Å²) in [4.78, 5) is 11.1. The first kappa shape index (κ1) is 16.5. The van der Waals surface area contributed by atoms with Crippen molar-refractivity contribution in [3.05, 3.63) is 58.9 Å². The number of amides is 1. The molecule has 0 spiro atoms. The Kier molecular flexibility index (Phi) is 4.66. The second-order valence-electron chi connectivity index (χ2n) is 4.27. The van der Waals surface area contributed by atoms with Gasteiger partial charge in [0.1, 0.15) is 28.2 Å². The van der Waals surface area contributed by atoms with E-state index < -0.39 is 44.5 Å². The number of nitrogens with zero attached hydrogens (tertiary/aromatic N) is 1. The monoisotopic (exact) mass is 340 g/mol. The second-order valence-corrected chi connectivity index (χ2v) is 5.27. The average Bonchev–Trinajstić information content (AvgIpc) is 2.48. The van der Waals surface area contributed by atoms with Crippen molar-refractivity contribution in [3.63, 3.8) is 0 Å². The number of hydrogen-bond donors (Lipinski definition) is 2. The van der Waals surface area contributed by atoms with Gasteiger partial charge in [0.15, 0.2) is 16.5 Å². The number of rotatable bonds is 3. The lowest BCUT2D eigenvalue weighted by Crippen LogP contribution is -2.17. The van der Waals surface area contributed by atoms with Crippen LogP contribution in [0.25, 0.3) is 0 Å². The molecule has 1 amide bonds. The smallest absolute Gasteiger partial charge is 0.261 e. The Balaban J connectivity index is 2.43. The number of nitriles is 1. The minimum absolute atomic E-state index is 0.0799. The Morgan fingerprint density at radius 3 is 2.35 bits per heavy atom. The number of benzene rings is 2. The molecule has 5 nitrogen and oxygen atoms in total. The summed E-state index contributed by atoms with van der Waals surface area (Å²) in [5, 5.41) is 10.8. The number of nitrogens with one attached hydrogen (secondary N) is 1. The van der Waals surface area contributed by atoms with Gasteiger partial charge in [0, 0.05) is 5.69 Å². The maximum absolute atomic E-state index is 13.9. The van der Waals surface area contributed by atoms with Gasteiger partial charge in [-0.1, -0.05) is 0 Å². The topological polar surface area (TPSA) is 87.0 Å². The van der Waals surface area contributed by atoms with Crippen molar-refractivity contribution in [3.8, 4) is 6.07 Å². The van der Waals surface area contributed by atoms with Crippen LogP contribution in [-0.4, -0.2) is 14.3 Å². The van der Waals surface area contributed by atoms with Gasteiger partial charge in [-0.15, -0.1) is 0 Å². The molecule has 0 aliphatic heterocycles. The highest BCUT2D eigenvalue weighted by Crippen LogP contribution is 2.21. The molecule has 0 atom stereocenters. The van der Waals surface area contributed by atoms with E-state index in [0.717, 1.165) is 18.2 Å². The van der Waals surface area contributed by atoms with Crippen LogP contribution in [-0.2, 0) is 10.7 Å². The summed E-state index contributed by atoms with van der Waals surface area (Å²) < 4.78 is 62.5. The highest BCUT2D eigenvalue weighted by atomic mass is 32.2. The third-order valence-electron chi connectivity index (χ3n) is 2.84. The molecule has 0 radical (unpaired) electrons. The SMILES string of the molecule is N#Cc1cc(NC(=O)c2c(F)ccc([SH](=O)=O)c2F)ccc1F. The second kappa shape index (κ2) is 6.50. The summed E-state index contributed by atoms with van der Waals surface area (Å²) in [6, 6.07) is 5.83. The molecule has 0 saturated carbocycles. The minimum Gasteiger partial charge on any atom is -0.322 e.